The summed E-state index contributed by atoms with van der Waals surface area (Å²) in [6, 6.07) is 12.3. The summed E-state index contributed by atoms with van der Waals surface area (Å²) in [5, 5.41) is 3.01. The van der Waals surface area contributed by atoms with Gasteiger partial charge in [0.05, 0.1) is 17.2 Å². The third-order valence-corrected chi connectivity index (χ3v) is 5.61. The average Bonchev–Trinajstić information content (AvgIpc) is 2.66. The summed E-state index contributed by atoms with van der Waals surface area (Å²) in [7, 11) is -3.97. The highest BCUT2D eigenvalue weighted by atomic mass is 35.5. The molecule has 144 valence electrons. The van der Waals surface area contributed by atoms with Gasteiger partial charge in [0.2, 0.25) is 5.91 Å². The number of rotatable bonds is 9. The molecule has 0 saturated carbocycles. The Kier molecular flexibility index (Phi) is 7.27. The van der Waals surface area contributed by atoms with Crippen molar-refractivity contribution in [3.8, 4) is 5.75 Å². The van der Waals surface area contributed by atoms with E-state index in [2.05, 4.69) is 11.9 Å². The molecule has 0 aliphatic rings. The van der Waals surface area contributed by atoms with E-state index in [0.717, 1.165) is 4.31 Å². The second kappa shape index (κ2) is 9.43. The fraction of sp³-hybridized carbons (Fsp3) is 0.211. The normalized spacial score (nSPS) is 10.9. The molecule has 8 heteroatoms. The molecule has 2 aromatic carbocycles. The van der Waals surface area contributed by atoms with E-state index in [9.17, 15) is 13.2 Å². The molecule has 27 heavy (non-hydrogen) atoms. The Bertz CT molecular complexity index is 881. The first kappa shape index (κ1) is 20.8. The molecule has 1 N–H and O–H groups in total. The van der Waals surface area contributed by atoms with Crippen molar-refractivity contribution < 1.29 is 17.9 Å². The van der Waals surface area contributed by atoms with Crippen LogP contribution in [0.4, 0.5) is 5.69 Å². The lowest BCUT2D eigenvalue weighted by Gasteiger charge is -2.24. The Morgan fingerprint density at radius 1 is 1.19 bits per heavy atom. The molecule has 6 nitrogen and oxygen atoms in total. The van der Waals surface area contributed by atoms with Crippen LogP contribution in [0.5, 0.6) is 5.75 Å². The molecule has 1 amide bonds. The number of amides is 1. The number of nitrogens with zero attached hydrogens (tertiary/aromatic N) is 1. The SMILES string of the molecule is C=CCNC(=O)CN(c1ccc(OCC)cc1)S(=O)(=O)c1ccc(Cl)cc1. The van der Waals surface area contributed by atoms with Crippen molar-refractivity contribution in [1.29, 1.82) is 0 Å². The molecule has 0 atom stereocenters. The fourth-order valence-corrected chi connectivity index (χ4v) is 3.84. The lowest BCUT2D eigenvalue weighted by molar-refractivity contribution is -0.119. The molecule has 0 saturated heterocycles. The van der Waals surface area contributed by atoms with Crippen LogP contribution >= 0.6 is 11.6 Å². The van der Waals surface area contributed by atoms with Gasteiger partial charge in [-0.05, 0) is 55.5 Å². The number of hydrogen-bond donors (Lipinski definition) is 1. The van der Waals surface area contributed by atoms with Gasteiger partial charge < -0.3 is 10.1 Å². The van der Waals surface area contributed by atoms with E-state index in [1.54, 1.807) is 24.3 Å². The summed E-state index contributed by atoms with van der Waals surface area (Å²) < 4.78 is 32.7. The lowest BCUT2D eigenvalue weighted by Crippen LogP contribution is -2.40. The zero-order valence-electron chi connectivity index (χ0n) is 14.9. The molecule has 0 heterocycles. The summed E-state index contributed by atoms with van der Waals surface area (Å²) >= 11 is 5.85. The standard InChI is InChI=1S/C19H21ClN2O4S/c1-3-13-21-19(23)14-22(16-7-9-17(10-8-16)26-4-2)27(24,25)18-11-5-15(20)6-12-18/h3,5-12H,1,4,13-14H2,2H3,(H,21,23). The molecule has 2 rings (SSSR count). The lowest BCUT2D eigenvalue weighted by atomic mass is 10.3. The minimum atomic E-state index is -3.97. The molecule has 0 bridgehead atoms. The molecule has 0 aliphatic carbocycles. The largest absolute Gasteiger partial charge is 0.494 e. The number of nitrogens with one attached hydrogen (secondary N) is 1. The average molecular weight is 409 g/mol. The van der Waals surface area contributed by atoms with E-state index in [4.69, 9.17) is 16.3 Å². The smallest absolute Gasteiger partial charge is 0.264 e. The van der Waals surface area contributed by atoms with Gasteiger partial charge in [-0.15, -0.1) is 6.58 Å². The van der Waals surface area contributed by atoms with E-state index in [1.807, 2.05) is 6.92 Å². The van der Waals surface area contributed by atoms with Crippen molar-refractivity contribution in [3.05, 3.63) is 66.2 Å². The topological polar surface area (TPSA) is 75.7 Å². The highest BCUT2D eigenvalue weighted by molar-refractivity contribution is 7.92. The van der Waals surface area contributed by atoms with E-state index < -0.39 is 15.9 Å². The van der Waals surface area contributed by atoms with Crippen LogP contribution in [0.1, 0.15) is 6.92 Å². The number of carbonyl (C=O) groups excluding carboxylic acids is 1. The summed E-state index contributed by atoms with van der Waals surface area (Å²) in [6.07, 6.45) is 1.52. The summed E-state index contributed by atoms with van der Waals surface area (Å²) in [6.45, 7) is 5.76. The third kappa shape index (κ3) is 5.48. The van der Waals surface area contributed by atoms with E-state index in [0.29, 0.717) is 23.1 Å². The zero-order chi connectivity index (χ0) is 19.9. The Hall–Kier alpha value is -2.51. The Labute approximate surface area is 164 Å². The maximum atomic E-state index is 13.1. The van der Waals surface area contributed by atoms with Crippen LogP contribution in [0.3, 0.4) is 0 Å². The maximum absolute atomic E-state index is 13.1. The number of halogens is 1. The predicted octanol–water partition coefficient (Wildman–Crippen LogP) is 3.24. The fourth-order valence-electron chi connectivity index (χ4n) is 2.30. The molecule has 0 fully saturated rings. The van der Waals surface area contributed by atoms with Gasteiger partial charge >= 0.3 is 0 Å². The van der Waals surface area contributed by atoms with E-state index in [1.165, 1.54) is 30.3 Å². The van der Waals surface area contributed by atoms with Crippen molar-refractivity contribution >= 4 is 33.2 Å². The van der Waals surface area contributed by atoms with Crippen molar-refractivity contribution in [1.82, 2.24) is 5.32 Å². The highest BCUT2D eigenvalue weighted by Crippen LogP contribution is 2.26. The van der Waals surface area contributed by atoms with Crippen LogP contribution in [0.15, 0.2) is 66.1 Å². The Morgan fingerprint density at radius 2 is 1.81 bits per heavy atom. The number of anilines is 1. The van der Waals surface area contributed by atoms with Crippen molar-refractivity contribution in [2.45, 2.75) is 11.8 Å². The monoisotopic (exact) mass is 408 g/mol. The first-order valence-corrected chi connectivity index (χ1v) is 10.1. The van der Waals surface area contributed by atoms with Crippen LogP contribution in [-0.4, -0.2) is 34.0 Å². The third-order valence-electron chi connectivity index (χ3n) is 3.57. The van der Waals surface area contributed by atoms with Gasteiger partial charge in [0.1, 0.15) is 12.3 Å². The van der Waals surface area contributed by atoms with Crippen LogP contribution in [0.2, 0.25) is 5.02 Å². The molecule has 2 aromatic rings. The molecule has 0 spiro atoms. The van der Waals surface area contributed by atoms with Crippen LogP contribution in [-0.2, 0) is 14.8 Å². The molecular weight excluding hydrogens is 388 g/mol. The van der Waals surface area contributed by atoms with E-state index in [-0.39, 0.29) is 18.0 Å². The van der Waals surface area contributed by atoms with Crippen LogP contribution in [0, 0.1) is 0 Å². The van der Waals surface area contributed by atoms with Gasteiger partial charge in [0.25, 0.3) is 10.0 Å². The van der Waals surface area contributed by atoms with Gasteiger partial charge in [0.15, 0.2) is 0 Å². The molecule has 0 unspecified atom stereocenters. The highest BCUT2D eigenvalue weighted by Gasteiger charge is 2.27. The zero-order valence-corrected chi connectivity index (χ0v) is 16.5. The van der Waals surface area contributed by atoms with Gasteiger partial charge in [-0.1, -0.05) is 17.7 Å². The van der Waals surface area contributed by atoms with Gasteiger partial charge in [-0.2, -0.15) is 0 Å². The number of carbonyl (C=O) groups is 1. The minimum absolute atomic E-state index is 0.0392. The molecule has 0 aromatic heterocycles. The van der Waals surface area contributed by atoms with Crippen molar-refractivity contribution in [2.24, 2.45) is 0 Å². The second-order valence-corrected chi connectivity index (χ2v) is 7.78. The quantitative estimate of drug-likeness (QED) is 0.646. The molecule has 0 radical (unpaired) electrons. The van der Waals surface area contributed by atoms with Crippen molar-refractivity contribution in [2.75, 3.05) is 24.0 Å². The molecular formula is C19H21ClN2O4S. The Balaban J connectivity index is 2.40. The summed E-state index contributed by atoms with van der Waals surface area (Å²) in [5.74, 6) is 0.169. The number of ether oxygens (including phenoxy) is 1. The van der Waals surface area contributed by atoms with Crippen LogP contribution in [0.25, 0.3) is 0 Å². The minimum Gasteiger partial charge on any atom is -0.494 e. The van der Waals surface area contributed by atoms with Crippen LogP contribution < -0.4 is 14.4 Å². The Morgan fingerprint density at radius 3 is 2.37 bits per heavy atom. The maximum Gasteiger partial charge on any atom is 0.264 e. The molecule has 0 aliphatic heterocycles. The summed E-state index contributed by atoms with van der Waals surface area (Å²) in [4.78, 5) is 12.2. The van der Waals surface area contributed by atoms with E-state index >= 15 is 0 Å². The number of sulfonamides is 1. The first-order chi connectivity index (χ1) is 12.9. The number of benzene rings is 2. The summed E-state index contributed by atoms with van der Waals surface area (Å²) in [5.41, 5.74) is 0.349. The van der Waals surface area contributed by atoms with Gasteiger partial charge in [0, 0.05) is 11.6 Å². The second-order valence-electron chi connectivity index (χ2n) is 5.49. The van der Waals surface area contributed by atoms with Crippen molar-refractivity contribution in [3.63, 3.8) is 0 Å². The van der Waals surface area contributed by atoms with Gasteiger partial charge in [-0.3, -0.25) is 9.10 Å². The van der Waals surface area contributed by atoms with Gasteiger partial charge in [-0.25, -0.2) is 8.42 Å². The predicted molar refractivity (Wildman–Crippen MR) is 107 cm³/mol. The number of hydrogen-bond acceptors (Lipinski definition) is 4. The first-order valence-electron chi connectivity index (χ1n) is 8.27.